The minimum Gasteiger partial charge on any atom is -0.379 e. The van der Waals surface area contributed by atoms with Crippen LogP contribution < -0.4 is 10.2 Å². The molecule has 2 amide bonds. The van der Waals surface area contributed by atoms with Gasteiger partial charge < -0.3 is 10.1 Å². The smallest absolute Gasteiger partial charge is 0.322 e. The molecule has 1 aromatic carbocycles. The average Bonchev–Trinajstić information content (AvgIpc) is 2.93. The van der Waals surface area contributed by atoms with Crippen molar-refractivity contribution in [2.45, 2.75) is 18.9 Å². The van der Waals surface area contributed by atoms with Crippen molar-refractivity contribution in [2.24, 2.45) is 0 Å². The zero-order valence-corrected chi connectivity index (χ0v) is 10.7. The van der Waals surface area contributed by atoms with Gasteiger partial charge in [-0.25, -0.2) is 4.79 Å². The van der Waals surface area contributed by atoms with Crippen LogP contribution in [0.2, 0.25) is 0 Å². The van der Waals surface area contributed by atoms with Gasteiger partial charge in [0.05, 0.1) is 25.1 Å². The lowest BCUT2D eigenvalue weighted by molar-refractivity contribution is 0.189. The van der Waals surface area contributed by atoms with Gasteiger partial charge in [-0.3, -0.25) is 4.90 Å². The molecule has 1 heterocycles. The molecule has 1 N–H and O–H groups in total. The number of nitriles is 1. The van der Waals surface area contributed by atoms with Crippen LogP contribution in [0.3, 0.4) is 0 Å². The van der Waals surface area contributed by atoms with Crippen LogP contribution in [-0.4, -0.2) is 31.8 Å². The molecule has 19 heavy (non-hydrogen) atoms. The largest absolute Gasteiger partial charge is 0.379 e. The number of hydrogen-bond donors (Lipinski definition) is 1. The first kappa shape index (κ1) is 13.4. The minimum atomic E-state index is -0.169. The number of urea groups is 1. The van der Waals surface area contributed by atoms with Crippen LogP contribution in [0, 0.1) is 11.3 Å². The molecule has 0 saturated carbocycles. The number of anilines is 1. The molecule has 0 bridgehead atoms. The first-order chi connectivity index (χ1) is 9.31. The predicted octanol–water partition coefficient (Wildman–Crippen LogP) is 1.91. The lowest BCUT2D eigenvalue weighted by Crippen LogP contribution is -2.45. The second kappa shape index (κ2) is 6.76. The molecule has 1 saturated heterocycles. The van der Waals surface area contributed by atoms with Crippen molar-refractivity contribution >= 4 is 11.7 Å². The van der Waals surface area contributed by atoms with E-state index in [0.29, 0.717) is 26.2 Å². The molecule has 2 rings (SSSR count). The summed E-state index contributed by atoms with van der Waals surface area (Å²) in [6.07, 6.45) is 1.15. The fraction of sp³-hybridized carbons (Fsp3) is 0.429. The second-order valence-electron chi connectivity index (χ2n) is 4.41. The highest BCUT2D eigenvalue weighted by Gasteiger charge is 2.22. The van der Waals surface area contributed by atoms with E-state index in [9.17, 15) is 4.79 Å². The van der Waals surface area contributed by atoms with Gasteiger partial charge in [0, 0.05) is 18.8 Å². The van der Waals surface area contributed by atoms with Crippen LogP contribution in [-0.2, 0) is 4.74 Å². The van der Waals surface area contributed by atoms with Crippen LogP contribution >= 0.6 is 0 Å². The maximum absolute atomic E-state index is 12.3. The number of para-hydroxylation sites is 1. The van der Waals surface area contributed by atoms with E-state index in [0.717, 1.165) is 12.1 Å². The number of carbonyl (C=O) groups excluding carboxylic acids is 1. The van der Waals surface area contributed by atoms with Crippen molar-refractivity contribution in [3.05, 3.63) is 30.3 Å². The van der Waals surface area contributed by atoms with Gasteiger partial charge in [0.25, 0.3) is 0 Å². The van der Waals surface area contributed by atoms with E-state index in [4.69, 9.17) is 10.00 Å². The molecular weight excluding hydrogens is 242 g/mol. The fourth-order valence-corrected chi connectivity index (χ4v) is 2.02. The molecule has 0 radical (unpaired) electrons. The van der Waals surface area contributed by atoms with Crippen molar-refractivity contribution in [3.63, 3.8) is 0 Å². The predicted molar refractivity (Wildman–Crippen MR) is 71.8 cm³/mol. The highest BCUT2D eigenvalue weighted by molar-refractivity contribution is 5.92. The molecule has 1 aliphatic heterocycles. The topological polar surface area (TPSA) is 65.4 Å². The Hall–Kier alpha value is -2.06. The van der Waals surface area contributed by atoms with E-state index in [2.05, 4.69) is 11.4 Å². The summed E-state index contributed by atoms with van der Waals surface area (Å²) in [4.78, 5) is 13.9. The highest BCUT2D eigenvalue weighted by Crippen LogP contribution is 2.14. The molecule has 1 unspecified atom stereocenters. The summed E-state index contributed by atoms with van der Waals surface area (Å²) in [6, 6.07) is 11.3. The Morgan fingerprint density at radius 2 is 2.26 bits per heavy atom. The molecular formula is C14H17N3O2. The van der Waals surface area contributed by atoms with Gasteiger partial charge in [0.15, 0.2) is 0 Å². The molecule has 1 atom stereocenters. The van der Waals surface area contributed by atoms with Crippen molar-refractivity contribution < 1.29 is 9.53 Å². The molecule has 1 aromatic rings. The fourth-order valence-electron chi connectivity index (χ4n) is 2.02. The lowest BCUT2D eigenvalue weighted by Gasteiger charge is -2.24. The molecule has 100 valence electrons. The van der Waals surface area contributed by atoms with E-state index in [1.165, 1.54) is 0 Å². The SMILES string of the molecule is N#CCCN(C(=O)NC1CCOC1)c1ccccc1. The molecule has 5 nitrogen and oxygen atoms in total. The van der Waals surface area contributed by atoms with E-state index < -0.39 is 0 Å². The Bertz CT molecular complexity index is 450. The highest BCUT2D eigenvalue weighted by atomic mass is 16.5. The molecule has 0 aliphatic carbocycles. The molecule has 0 spiro atoms. The van der Waals surface area contributed by atoms with Gasteiger partial charge in [-0.05, 0) is 18.6 Å². The summed E-state index contributed by atoms with van der Waals surface area (Å²) >= 11 is 0. The normalized spacial score (nSPS) is 17.7. The van der Waals surface area contributed by atoms with Crippen LogP contribution in [0.1, 0.15) is 12.8 Å². The van der Waals surface area contributed by atoms with Gasteiger partial charge in [-0.2, -0.15) is 5.26 Å². The lowest BCUT2D eigenvalue weighted by atomic mass is 10.2. The van der Waals surface area contributed by atoms with Gasteiger partial charge in [-0.1, -0.05) is 18.2 Å². The third-order valence-electron chi connectivity index (χ3n) is 3.02. The Morgan fingerprint density at radius 1 is 1.47 bits per heavy atom. The first-order valence-electron chi connectivity index (χ1n) is 6.39. The Kier molecular flexibility index (Phi) is 4.76. The third kappa shape index (κ3) is 3.70. The second-order valence-corrected chi connectivity index (χ2v) is 4.41. The van der Waals surface area contributed by atoms with Gasteiger partial charge in [0.1, 0.15) is 0 Å². The Balaban J connectivity index is 2.04. The van der Waals surface area contributed by atoms with Crippen LogP contribution in [0.25, 0.3) is 0 Å². The molecule has 0 aromatic heterocycles. The summed E-state index contributed by atoms with van der Waals surface area (Å²) in [5, 5.41) is 11.6. The molecule has 1 fully saturated rings. The van der Waals surface area contributed by atoms with Crippen molar-refractivity contribution in [1.82, 2.24) is 5.32 Å². The van der Waals surface area contributed by atoms with Crippen molar-refractivity contribution in [3.8, 4) is 6.07 Å². The Labute approximate surface area is 112 Å². The number of carbonyl (C=O) groups is 1. The van der Waals surface area contributed by atoms with Gasteiger partial charge in [0.2, 0.25) is 0 Å². The monoisotopic (exact) mass is 259 g/mol. The summed E-state index contributed by atoms with van der Waals surface area (Å²) in [5.41, 5.74) is 0.800. The average molecular weight is 259 g/mol. The Morgan fingerprint density at radius 3 is 2.89 bits per heavy atom. The minimum absolute atomic E-state index is 0.0702. The summed E-state index contributed by atoms with van der Waals surface area (Å²) < 4.78 is 5.24. The number of benzene rings is 1. The third-order valence-corrected chi connectivity index (χ3v) is 3.02. The zero-order valence-electron chi connectivity index (χ0n) is 10.7. The number of hydrogen-bond acceptors (Lipinski definition) is 3. The standard InChI is InChI=1S/C14H17N3O2/c15-8-4-9-17(13-5-2-1-3-6-13)14(18)16-12-7-10-19-11-12/h1-3,5-6,12H,4,7,9-11H2,(H,16,18). The number of nitrogens with one attached hydrogen (secondary N) is 1. The van der Waals surface area contributed by atoms with E-state index in [1.807, 2.05) is 30.3 Å². The number of ether oxygens (including phenoxy) is 1. The van der Waals surface area contributed by atoms with Crippen LogP contribution in [0.4, 0.5) is 10.5 Å². The summed E-state index contributed by atoms with van der Waals surface area (Å²) in [6.45, 7) is 1.64. The van der Waals surface area contributed by atoms with Gasteiger partial charge in [-0.15, -0.1) is 0 Å². The van der Waals surface area contributed by atoms with Crippen molar-refractivity contribution in [1.29, 1.82) is 5.26 Å². The maximum atomic E-state index is 12.3. The quantitative estimate of drug-likeness (QED) is 0.898. The maximum Gasteiger partial charge on any atom is 0.322 e. The zero-order chi connectivity index (χ0) is 13.5. The van der Waals surface area contributed by atoms with E-state index >= 15 is 0 Å². The molecule has 5 heteroatoms. The first-order valence-corrected chi connectivity index (χ1v) is 6.39. The van der Waals surface area contributed by atoms with Crippen LogP contribution in [0.15, 0.2) is 30.3 Å². The number of nitrogens with zero attached hydrogens (tertiary/aromatic N) is 2. The number of amides is 2. The van der Waals surface area contributed by atoms with Crippen molar-refractivity contribution in [2.75, 3.05) is 24.7 Å². The molecule has 1 aliphatic rings. The van der Waals surface area contributed by atoms with E-state index in [1.54, 1.807) is 4.90 Å². The van der Waals surface area contributed by atoms with Gasteiger partial charge >= 0.3 is 6.03 Å². The van der Waals surface area contributed by atoms with E-state index in [-0.39, 0.29) is 12.1 Å². The summed E-state index contributed by atoms with van der Waals surface area (Å²) in [5.74, 6) is 0. The number of rotatable bonds is 4. The van der Waals surface area contributed by atoms with Crippen LogP contribution in [0.5, 0.6) is 0 Å². The summed E-state index contributed by atoms with van der Waals surface area (Å²) in [7, 11) is 0.